The van der Waals surface area contributed by atoms with Crippen LogP contribution in [0.1, 0.15) is 27.1 Å². The predicted octanol–water partition coefficient (Wildman–Crippen LogP) is 5.00. The van der Waals surface area contributed by atoms with Gasteiger partial charge in [0.05, 0.1) is 17.5 Å². The largest absolute Gasteiger partial charge is 0.353 e. The first-order chi connectivity index (χ1) is 13.0. The van der Waals surface area contributed by atoms with Gasteiger partial charge in [-0.2, -0.15) is 0 Å². The van der Waals surface area contributed by atoms with Gasteiger partial charge >= 0.3 is 0 Å². The normalized spacial score (nSPS) is 14.3. The Kier molecular flexibility index (Phi) is 2.49. The first-order valence-corrected chi connectivity index (χ1v) is 8.47. The van der Waals surface area contributed by atoms with Crippen molar-refractivity contribution in [2.45, 2.75) is 6.42 Å². The number of benzene rings is 3. The average molecular weight is 360 g/mol. The van der Waals surface area contributed by atoms with E-state index in [1.54, 1.807) is 12.1 Å². The number of hydrogen-bond donors (Lipinski definition) is 2. The van der Waals surface area contributed by atoms with Gasteiger partial charge in [0.25, 0.3) is 0 Å². The number of fused-ring (bicyclic) bond motifs is 10. The van der Waals surface area contributed by atoms with Gasteiger partial charge in [-0.25, -0.2) is 8.78 Å². The lowest BCUT2D eigenvalue weighted by molar-refractivity contribution is 0.0924. The molecule has 0 amide bonds. The van der Waals surface area contributed by atoms with Gasteiger partial charge in [-0.3, -0.25) is 9.59 Å². The third kappa shape index (κ3) is 1.70. The molecule has 0 bridgehead atoms. The number of aromatic nitrogens is 2. The Labute approximate surface area is 149 Å². The molecule has 0 saturated heterocycles. The molecule has 0 aliphatic heterocycles. The van der Waals surface area contributed by atoms with Gasteiger partial charge in [-0.15, -0.1) is 0 Å². The standard InChI is InChI=1S/C21H10F2N2O2/c22-8-1-3-12-10(5-8)16-18-14(26)7-15(27)19(18)17-11-6-9(23)2-4-13(11)25-21(17)20(16)24-12/h1-6,24-25H,7H2. The number of halogens is 2. The van der Waals surface area contributed by atoms with Crippen molar-refractivity contribution in [3.8, 4) is 0 Å². The molecule has 3 aromatic carbocycles. The summed E-state index contributed by atoms with van der Waals surface area (Å²) in [6.45, 7) is 0. The zero-order valence-corrected chi connectivity index (χ0v) is 13.7. The fraction of sp³-hybridized carbons (Fsp3) is 0.0476. The minimum atomic E-state index is -0.423. The molecule has 0 unspecified atom stereocenters. The van der Waals surface area contributed by atoms with E-state index >= 15 is 0 Å². The first-order valence-electron chi connectivity index (χ1n) is 8.47. The Hall–Kier alpha value is -3.54. The van der Waals surface area contributed by atoms with E-state index in [-0.39, 0.29) is 18.0 Å². The summed E-state index contributed by atoms with van der Waals surface area (Å²) in [5.41, 5.74) is 3.15. The van der Waals surface area contributed by atoms with Gasteiger partial charge in [0, 0.05) is 43.7 Å². The number of Topliss-reactive ketones (excluding diaryl/α,β-unsaturated/α-hetero) is 2. The molecule has 6 heteroatoms. The van der Waals surface area contributed by atoms with E-state index in [4.69, 9.17) is 0 Å². The molecule has 5 aromatic rings. The van der Waals surface area contributed by atoms with Crippen LogP contribution in [0.4, 0.5) is 8.78 Å². The summed E-state index contributed by atoms with van der Waals surface area (Å²) >= 11 is 0. The van der Waals surface area contributed by atoms with Gasteiger partial charge in [0.15, 0.2) is 11.6 Å². The summed E-state index contributed by atoms with van der Waals surface area (Å²) in [5.74, 6) is -1.43. The molecule has 1 aliphatic carbocycles. The maximum atomic E-state index is 13.9. The molecule has 2 heterocycles. The molecule has 0 atom stereocenters. The molecular formula is C21H10F2N2O2. The third-order valence-electron chi connectivity index (χ3n) is 5.40. The third-order valence-corrected chi connectivity index (χ3v) is 5.40. The summed E-state index contributed by atoms with van der Waals surface area (Å²) < 4.78 is 27.8. The molecule has 2 aromatic heterocycles. The summed E-state index contributed by atoms with van der Waals surface area (Å²) in [6, 6.07) is 8.60. The fourth-order valence-corrected chi connectivity index (χ4v) is 4.35. The second-order valence-electron chi connectivity index (χ2n) is 6.90. The summed E-state index contributed by atoms with van der Waals surface area (Å²) in [7, 11) is 0. The van der Waals surface area contributed by atoms with Crippen LogP contribution in [0.5, 0.6) is 0 Å². The van der Waals surface area contributed by atoms with E-state index < -0.39 is 11.6 Å². The highest BCUT2D eigenvalue weighted by molar-refractivity contribution is 6.40. The van der Waals surface area contributed by atoms with Gasteiger partial charge in [0.2, 0.25) is 0 Å². The fourth-order valence-electron chi connectivity index (χ4n) is 4.35. The molecule has 1 aliphatic rings. The van der Waals surface area contributed by atoms with E-state index in [9.17, 15) is 18.4 Å². The van der Waals surface area contributed by atoms with Crippen molar-refractivity contribution >= 4 is 55.2 Å². The summed E-state index contributed by atoms with van der Waals surface area (Å²) in [4.78, 5) is 31.8. The summed E-state index contributed by atoms with van der Waals surface area (Å²) in [6.07, 6.45) is -0.229. The van der Waals surface area contributed by atoms with Crippen LogP contribution in [0.2, 0.25) is 0 Å². The van der Waals surface area contributed by atoms with Crippen molar-refractivity contribution in [1.82, 2.24) is 9.97 Å². The van der Waals surface area contributed by atoms with Crippen LogP contribution in [0, 0.1) is 11.6 Å². The number of ketones is 2. The van der Waals surface area contributed by atoms with E-state index in [1.165, 1.54) is 24.3 Å². The zero-order chi connectivity index (χ0) is 18.4. The van der Waals surface area contributed by atoms with Crippen LogP contribution in [0.3, 0.4) is 0 Å². The topological polar surface area (TPSA) is 65.7 Å². The van der Waals surface area contributed by atoms with Crippen LogP contribution in [-0.2, 0) is 0 Å². The highest BCUT2D eigenvalue weighted by Crippen LogP contribution is 2.43. The van der Waals surface area contributed by atoms with Crippen LogP contribution in [0.15, 0.2) is 36.4 Å². The van der Waals surface area contributed by atoms with E-state index in [2.05, 4.69) is 9.97 Å². The van der Waals surface area contributed by atoms with Gasteiger partial charge < -0.3 is 9.97 Å². The molecule has 130 valence electrons. The number of carbonyl (C=O) groups is 2. The molecular weight excluding hydrogens is 350 g/mol. The Balaban J connectivity index is 2.00. The average Bonchev–Trinajstić information content (AvgIpc) is 3.26. The van der Waals surface area contributed by atoms with Crippen LogP contribution >= 0.6 is 0 Å². The predicted molar refractivity (Wildman–Crippen MR) is 98.4 cm³/mol. The lowest BCUT2D eigenvalue weighted by Gasteiger charge is -2.04. The summed E-state index contributed by atoms with van der Waals surface area (Å²) in [5, 5.41) is 2.18. The van der Waals surface area contributed by atoms with Gasteiger partial charge in [-0.05, 0) is 36.4 Å². The number of hydrogen-bond acceptors (Lipinski definition) is 2. The first kappa shape index (κ1) is 14.6. The number of rotatable bonds is 0. The van der Waals surface area contributed by atoms with E-state index in [0.29, 0.717) is 54.7 Å². The second kappa shape index (κ2) is 4.59. The van der Waals surface area contributed by atoms with Crippen molar-refractivity contribution < 1.29 is 18.4 Å². The zero-order valence-electron chi connectivity index (χ0n) is 13.7. The van der Waals surface area contributed by atoms with E-state index in [0.717, 1.165) is 0 Å². The monoisotopic (exact) mass is 360 g/mol. The Morgan fingerprint density at radius 2 is 1.15 bits per heavy atom. The van der Waals surface area contributed by atoms with Crippen molar-refractivity contribution in [2.24, 2.45) is 0 Å². The highest BCUT2D eigenvalue weighted by atomic mass is 19.1. The van der Waals surface area contributed by atoms with E-state index in [1.807, 2.05) is 0 Å². The lowest BCUT2D eigenvalue weighted by atomic mass is 9.96. The molecule has 0 spiro atoms. The maximum Gasteiger partial charge on any atom is 0.172 e. The van der Waals surface area contributed by atoms with Crippen LogP contribution in [0.25, 0.3) is 43.6 Å². The highest BCUT2D eigenvalue weighted by Gasteiger charge is 2.34. The van der Waals surface area contributed by atoms with Gasteiger partial charge in [0.1, 0.15) is 11.6 Å². The van der Waals surface area contributed by atoms with Crippen LogP contribution in [-0.4, -0.2) is 21.5 Å². The minimum absolute atomic E-state index is 0.229. The van der Waals surface area contributed by atoms with Crippen molar-refractivity contribution in [1.29, 1.82) is 0 Å². The molecule has 2 N–H and O–H groups in total. The van der Waals surface area contributed by atoms with Crippen LogP contribution < -0.4 is 0 Å². The number of nitrogens with one attached hydrogen (secondary N) is 2. The number of aromatic amines is 2. The minimum Gasteiger partial charge on any atom is -0.353 e. The Bertz CT molecular complexity index is 1390. The molecule has 27 heavy (non-hydrogen) atoms. The Morgan fingerprint density at radius 1 is 0.704 bits per heavy atom. The van der Waals surface area contributed by atoms with Crippen molar-refractivity contribution in [3.05, 3.63) is 59.2 Å². The number of H-pyrrole nitrogens is 2. The quantitative estimate of drug-likeness (QED) is 0.382. The molecule has 0 fully saturated rings. The molecule has 4 nitrogen and oxygen atoms in total. The van der Waals surface area contributed by atoms with Gasteiger partial charge in [-0.1, -0.05) is 0 Å². The number of carbonyl (C=O) groups excluding carboxylic acids is 2. The SMILES string of the molecule is O=C1CC(=O)c2c1c1c3cc(F)ccc3[nH]c1c1[nH]c3ccc(F)cc3c21. The van der Waals surface area contributed by atoms with Crippen molar-refractivity contribution in [2.75, 3.05) is 0 Å². The Morgan fingerprint density at radius 3 is 1.59 bits per heavy atom. The maximum absolute atomic E-state index is 13.9. The molecule has 0 saturated carbocycles. The van der Waals surface area contributed by atoms with Crippen molar-refractivity contribution in [3.63, 3.8) is 0 Å². The molecule has 0 radical (unpaired) electrons. The smallest absolute Gasteiger partial charge is 0.172 e. The lowest BCUT2D eigenvalue weighted by Crippen LogP contribution is -1.94. The molecule has 6 rings (SSSR count). The second-order valence-corrected chi connectivity index (χ2v) is 6.90.